The molecule has 2 aromatic heterocycles. The van der Waals surface area contributed by atoms with Gasteiger partial charge in [-0.2, -0.15) is 5.10 Å². The number of rotatable bonds is 3. The molecule has 1 N–H and O–H groups in total. The molecule has 1 aromatic carbocycles. The van der Waals surface area contributed by atoms with E-state index in [0.29, 0.717) is 5.58 Å². The van der Waals surface area contributed by atoms with Gasteiger partial charge < -0.3 is 8.98 Å². The largest absolute Gasteiger partial charge is 0.450 e. The number of aromatic nitrogens is 1. The van der Waals surface area contributed by atoms with E-state index in [-0.39, 0.29) is 11.7 Å². The Morgan fingerprint density at radius 1 is 1.33 bits per heavy atom. The monoisotopic (exact) mass is 499 g/mol. The molecule has 2 heterocycles. The molecule has 0 saturated carbocycles. The average Bonchev–Trinajstić information content (AvgIpc) is 3.05. The zero-order valence-corrected chi connectivity index (χ0v) is 17.1. The van der Waals surface area contributed by atoms with Gasteiger partial charge in [0.25, 0.3) is 0 Å². The van der Waals surface area contributed by atoms with Crippen LogP contribution >= 0.6 is 38.5 Å². The minimum absolute atomic E-state index is 0.235. The highest BCUT2D eigenvalue weighted by Gasteiger charge is 2.14. The predicted molar refractivity (Wildman–Crippen MR) is 107 cm³/mol. The number of carbonyl (C=O) groups excluding carboxylic acids is 1. The molecule has 3 aromatic rings. The van der Waals surface area contributed by atoms with E-state index in [1.165, 1.54) is 0 Å². The molecule has 0 aliphatic carbocycles. The van der Waals surface area contributed by atoms with Gasteiger partial charge in [0.1, 0.15) is 5.58 Å². The maximum atomic E-state index is 12.2. The highest BCUT2D eigenvalue weighted by atomic mass is 127. The number of carbonyl (C=O) groups is 1. The zero-order valence-electron chi connectivity index (χ0n) is 13.4. The van der Waals surface area contributed by atoms with Crippen LogP contribution in [0.4, 0.5) is 0 Å². The fourth-order valence-electron chi connectivity index (χ4n) is 2.42. The van der Waals surface area contributed by atoms with Crippen LogP contribution in [-0.4, -0.2) is 16.7 Å². The molecule has 7 heteroatoms. The highest BCUT2D eigenvalue weighted by Crippen LogP contribution is 2.28. The van der Waals surface area contributed by atoms with Crippen molar-refractivity contribution in [2.75, 3.05) is 0 Å². The van der Waals surface area contributed by atoms with Crippen molar-refractivity contribution in [3.63, 3.8) is 0 Å². The van der Waals surface area contributed by atoms with Crippen LogP contribution in [0, 0.1) is 17.4 Å². The van der Waals surface area contributed by atoms with Crippen LogP contribution in [0.3, 0.4) is 0 Å². The van der Waals surface area contributed by atoms with Crippen molar-refractivity contribution in [2.24, 2.45) is 12.1 Å². The van der Waals surface area contributed by atoms with Crippen LogP contribution in [0.25, 0.3) is 11.0 Å². The Morgan fingerprint density at radius 2 is 2.08 bits per heavy atom. The first-order valence-electron chi connectivity index (χ1n) is 7.21. The van der Waals surface area contributed by atoms with Crippen molar-refractivity contribution < 1.29 is 9.21 Å². The Hall–Kier alpha value is -1.61. The molecule has 24 heavy (non-hydrogen) atoms. The summed E-state index contributed by atoms with van der Waals surface area (Å²) in [5.74, 6) is -0.140. The number of amides is 1. The summed E-state index contributed by atoms with van der Waals surface area (Å²) in [4.78, 5) is 12.2. The van der Waals surface area contributed by atoms with Gasteiger partial charge in [-0.3, -0.25) is 4.79 Å². The van der Waals surface area contributed by atoms with Crippen LogP contribution in [-0.2, 0) is 7.05 Å². The topological polar surface area (TPSA) is 59.5 Å². The number of aryl methyl sites for hydroxylation is 1. The van der Waals surface area contributed by atoms with E-state index in [9.17, 15) is 4.79 Å². The van der Waals surface area contributed by atoms with Crippen molar-refractivity contribution in [1.29, 1.82) is 0 Å². The first-order chi connectivity index (χ1) is 11.4. The number of hydrazone groups is 1. The third-order valence-electron chi connectivity index (χ3n) is 3.94. The number of fused-ring (bicyclic) bond motifs is 1. The Bertz CT molecular complexity index is 972. The van der Waals surface area contributed by atoms with Crippen LogP contribution < -0.4 is 5.43 Å². The van der Waals surface area contributed by atoms with E-state index in [1.54, 1.807) is 12.3 Å². The second-order valence-electron chi connectivity index (χ2n) is 5.50. The summed E-state index contributed by atoms with van der Waals surface area (Å²) >= 11 is 5.62. The minimum Gasteiger partial charge on any atom is -0.450 e. The molecular formula is C17H15BrIN3O2. The van der Waals surface area contributed by atoms with E-state index < -0.39 is 0 Å². The fraction of sp³-hybridized carbons (Fsp3) is 0.176. The van der Waals surface area contributed by atoms with E-state index in [1.807, 2.05) is 39.1 Å². The van der Waals surface area contributed by atoms with Gasteiger partial charge in [-0.25, -0.2) is 5.43 Å². The molecule has 3 rings (SSSR count). The third-order valence-corrected chi connectivity index (χ3v) is 5.20. The Balaban J connectivity index is 1.79. The van der Waals surface area contributed by atoms with E-state index >= 15 is 0 Å². The van der Waals surface area contributed by atoms with E-state index in [2.05, 4.69) is 53.6 Å². The van der Waals surface area contributed by atoms with Crippen molar-refractivity contribution in [3.05, 3.63) is 55.0 Å². The van der Waals surface area contributed by atoms with Gasteiger partial charge in [-0.1, -0.05) is 15.9 Å². The van der Waals surface area contributed by atoms with Crippen molar-refractivity contribution in [2.45, 2.75) is 13.8 Å². The Labute approximate surface area is 161 Å². The molecule has 0 radical (unpaired) electrons. The van der Waals surface area contributed by atoms with Crippen molar-refractivity contribution in [3.8, 4) is 0 Å². The number of nitrogens with zero attached hydrogens (tertiary/aromatic N) is 2. The lowest BCUT2D eigenvalue weighted by Gasteiger charge is -1.99. The van der Waals surface area contributed by atoms with E-state index in [0.717, 1.165) is 30.4 Å². The summed E-state index contributed by atoms with van der Waals surface area (Å²) in [5.41, 5.74) is 6.41. The maximum Gasteiger partial charge on any atom is 0.307 e. The summed E-state index contributed by atoms with van der Waals surface area (Å²) in [6.45, 7) is 4.03. The Kier molecular flexibility index (Phi) is 4.82. The number of nitrogens with one attached hydrogen (secondary N) is 1. The zero-order chi connectivity index (χ0) is 17.4. The standard InChI is InChI=1S/C17H15BrIN3O2/c1-9-4-12(10(2)22(9)3)8-20-21-17(23)15-6-11-5-13(18)7-14(19)16(11)24-15/h4-8H,1-3H3,(H,21,23)/b20-8-. The molecular weight excluding hydrogens is 485 g/mol. The molecule has 0 fully saturated rings. The molecule has 1 amide bonds. The third kappa shape index (κ3) is 3.27. The maximum absolute atomic E-state index is 12.2. The summed E-state index contributed by atoms with van der Waals surface area (Å²) in [5, 5.41) is 4.91. The summed E-state index contributed by atoms with van der Waals surface area (Å²) in [6.07, 6.45) is 1.64. The molecule has 124 valence electrons. The first-order valence-corrected chi connectivity index (χ1v) is 9.09. The van der Waals surface area contributed by atoms with Gasteiger partial charge in [0.05, 0.1) is 9.78 Å². The smallest absolute Gasteiger partial charge is 0.307 e. The lowest BCUT2D eigenvalue weighted by Crippen LogP contribution is -2.16. The molecule has 0 atom stereocenters. The van der Waals surface area contributed by atoms with Gasteiger partial charge in [-0.05, 0) is 60.7 Å². The lowest BCUT2D eigenvalue weighted by molar-refractivity contribution is 0.0929. The van der Waals surface area contributed by atoms with Crippen molar-refractivity contribution in [1.82, 2.24) is 9.99 Å². The Morgan fingerprint density at radius 3 is 2.75 bits per heavy atom. The molecule has 0 unspecified atom stereocenters. The van der Waals surface area contributed by atoms with Crippen LogP contribution in [0.15, 0.2) is 38.3 Å². The molecule has 0 aliphatic heterocycles. The molecule has 0 bridgehead atoms. The average molecular weight is 500 g/mol. The predicted octanol–water partition coefficient (Wildman–Crippen LogP) is 4.52. The SMILES string of the molecule is Cc1cc(/C=N\NC(=O)c2cc3cc(Br)cc(I)c3o2)c(C)n1C. The van der Waals surface area contributed by atoms with Gasteiger partial charge in [0, 0.05) is 33.9 Å². The number of hydrogen-bond acceptors (Lipinski definition) is 3. The molecule has 5 nitrogen and oxygen atoms in total. The molecule has 0 spiro atoms. The van der Waals surface area contributed by atoms with Crippen LogP contribution in [0.2, 0.25) is 0 Å². The minimum atomic E-state index is -0.375. The van der Waals surface area contributed by atoms with Crippen molar-refractivity contribution >= 4 is 61.6 Å². The summed E-state index contributed by atoms with van der Waals surface area (Å²) in [7, 11) is 1.99. The lowest BCUT2D eigenvalue weighted by atomic mass is 10.2. The summed E-state index contributed by atoms with van der Waals surface area (Å²) < 4.78 is 9.60. The number of halogens is 2. The number of benzene rings is 1. The van der Waals surface area contributed by atoms with E-state index in [4.69, 9.17) is 4.42 Å². The number of furan rings is 1. The second-order valence-corrected chi connectivity index (χ2v) is 7.58. The van der Waals surface area contributed by atoms with Crippen LogP contribution in [0.1, 0.15) is 27.5 Å². The first kappa shape index (κ1) is 17.2. The molecule has 0 saturated heterocycles. The fourth-order valence-corrected chi connectivity index (χ4v) is 4.08. The van der Waals surface area contributed by atoms with Gasteiger partial charge >= 0.3 is 5.91 Å². The quantitative estimate of drug-likeness (QED) is 0.327. The highest BCUT2D eigenvalue weighted by molar-refractivity contribution is 14.1. The van der Waals surface area contributed by atoms with Gasteiger partial charge in [0.15, 0.2) is 5.76 Å². The van der Waals surface area contributed by atoms with Gasteiger partial charge in [-0.15, -0.1) is 0 Å². The summed E-state index contributed by atoms with van der Waals surface area (Å²) in [6, 6.07) is 7.58. The van der Waals surface area contributed by atoms with Gasteiger partial charge in [0.2, 0.25) is 0 Å². The normalized spacial score (nSPS) is 11.5. The molecule has 0 aliphatic rings. The van der Waals surface area contributed by atoms with Crippen LogP contribution in [0.5, 0.6) is 0 Å². The second kappa shape index (κ2) is 6.72. The number of hydrogen-bond donors (Lipinski definition) is 1.